The van der Waals surface area contributed by atoms with Crippen LogP contribution in [0.3, 0.4) is 0 Å². The van der Waals surface area contributed by atoms with Crippen LogP contribution in [0.2, 0.25) is 0 Å². The van der Waals surface area contributed by atoms with Crippen LogP contribution in [0.1, 0.15) is 11.1 Å². The molecule has 1 heterocycles. The molecule has 0 N–H and O–H groups in total. The largest absolute Gasteiger partial charge is 0.307 e. The maximum atomic E-state index is 13.7. The molecule has 0 fully saturated rings. The van der Waals surface area contributed by atoms with Crippen molar-refractivity contribution in [1.29, 1.82) is 0 Å². The zero-order valence-corrected chi connectivity index (χ0v) is 12.0. The van der Waals surface area contributed by atoms with E-state index in [-0.39, 0.29) is 24.4 Å². The Labute approximate surface area is 123 Å². The van der Waals surface area contributed by atoms with Gasteiger partial charge in [0.2, 0.25) is 5.91 Å². The van der Waals surface area contributed by atoms with Crippen LogP contribution in [0.4, 0.5) is 14.5 Å². The average Bonchev–Trinajstić information content (AvgIpc) is 2.69. The van der Waals surface area contributed by atoms with Gasteiger partial charge < -0.3 is 4.90 Å². The number of halogens is 3. The van der Waals surface area contributed by atoms with E-state index in [2.05, 4.69) is 15.9 Å². The highest BCUT2D eigenvalue weighted by atomic mass is 79.9. The quantitative estimate of drug-likeness (QED) is 0.815. The molecule has 0 radical (unpaired) electrons. The maximum Gasteiger partial charge on any atom is 0.231 e. The van der Waals surface area contributed by atoms with Gasteiger partial charge in [0.1, 0.15) is 11.6 Å². The third-order valence-electron chi connectivity index (χ3n) is 3.31. The van der Waals surface area contributed by atoms with Gasteiger partial charge in [-0.15, -0.1) is 0 Å². The molecule has 0 unspecified atom stereocenters. The van der Waals surface area contributed by atoms with Crippen molar-refractivity contribution in [3.63, 3.8) is 0 Å². The van der Waals surface area contributed by atoms with Crippen LogP contribution < -0.4 is 4.90 Å². The molecule has 0 saturated heterocycles. The van der Waals surface area contributed by atoms with Crippen LogP contribution >= 0.6 is 15.9 Å². The van der Waals surface area contributed by atoms with Crippen molar-refractivity contribution in [3.8, 4) is 0 Å². The van der Waals surface area contributed by atoms with Gasteiger partial charge in [0.15, 0.2) is 0 Å². The van der Waals surface area contributed by atoms with Gasteiger partial charge in [-0.3, -0.25) is 4.79 Å². The second-order valence-corrected chi connectivity index (χ2v) is 5.58. The van der Waals surface area contributed by atoms with Gasteiger partial charge >= 0.3 is 0 Å². The molecule has 2 aromatic rings. The first-order chi connectivity index (χ1) is 9.54. The Hall–Kier alpha value is -1.75. The molecular formula is C15H10BrF2NO. The highest BCUT2D eigenvalue weighted by molar-refractivity contribution is 9.10. The topological polar surface area (TPSA) is 20.3 Å². The predicted octanol–water partition coefficient (Wildman–Crippen LogP) is 3.82. The van der Waals surface area contributed by atoms with Crippen LogP contribution in [-0.4, -0.2) is 5.91 Å². The SMILES string of the molecule is O=C1Cc2cc(Br)ccc2N1Cc1cc(F)ccc1F. The molecule has 5 heteroatoms. The van der Waals surface area contributed by atoms with E-state index >= 15 is 0 Å². The van der Waals surface area contributed by atoms with Gasteiger partial charge in [0.25, 0.3) is 0 Å². The lowest BCUT2D eigenvalue weighted by Crippen LogP contribution is -2.26. The number of hydrogen-bond donors (Lipinski definition) is 0. The number of amides is 1. The van der Waals surface area contributed by atoms with Crippen LogP contribution in [0.25, 0.3) is 0 Å². The molecule has 3 rings (SSSR count). The second-order valence-electron chi connectivity index (χ2n) is 4.67. The smallest absolute Gasteiger partial charge is 0.231 e. The molecule has 1 aliphatic rings. The molecule has 1 amide bonds. The Bertz CT molecular complexity index is 702. The summed E-state index contributed by atoms with van der Waals surface area (Å²) in [6, 6.07) is 8.77. The number of carbonyl (C=O) groups excluding carboxylic acids is 1. The normalized spacial score (nSPS) is 13.8. The fraction of sp³-hybridized carbons (Fsp3) is 0.133. The molecule has 0 aliphatic carbocycles. The molecule has 2 aromatic carbocycles. The van der Waals surface area contributed by atoms with Crippen molar-refractivity contribution in [3.05, 3.63) is 63.6 Å². The number of hydrogen-bond acceptors (Lipinski definition) is 1. The third kappa shape index (κ3) is 2.33. The summed E-state index contributed by atoms with van der Waals surface area (Å²) in [5, 5.41) is 0. The number of benzene rings is 2. The Morgan fingerprint density at radius 3 is 2.75 bits per heavy atom. The monoisotopic (exact) mass is 337 g/mol. The van der Waals surface area contributed by atoms with E-state index < -0.39 is 11.6 Å². The van der Waals surface area contributed by atoms with Gasteiger partial charge in [0.05, 0.1) is 13.0 Å². The second kappa shape index (κ2) is 4.98. The zero-order valence-electron chi connectivity index (χ0n) is 10.4. The number of anilines is 1. The lowest BCUT2D eigenvalue weighted by Gasteiger charge is -2.18. The first-order valence-electron chi connectivity index (χ1n) is 6.07. The maximum absolute atomic E-state index is 13.7. The van der Waals surface area contributed by atoms with Crippen LogP contribution in [0, 0.1) is 11.6 Å². The van der Waals surface area contributed by atoms with Crippen molar-refractivity contribution in [2.75, 3.05) is 4.90 Å². The summed E-state index contributed by atoms with van der Waals surface area (Å²) < 4.78 is 27.8. The van der Waals surface area contributed by atoms with Crippen LogP contribution in [0.5, 0.6) is 0 Å². The number of carbonyl (C=O) groups is 1. The van der Waals surface area contributed by atoms with E-state index in [1.807, 2.05) is 18.2 Å². The van der Waals surface area contributed by atoms with E-state index in [1.54, 1.807) is 0 Å². The standard InChI is InChI=1S/C15H10BrF2NO/c16-11-1-4-14-9(5-11)7-15(20)19(14)8-10-6-12(17)2-3-13(10)18/h1-6H,7-8H2. The lowest BCUT2D eigenvalue weighted by atomic mass is 10.1. The molecule has 0 atom stereocenters. The van der Waals surface area contributed by atoms with Gasteiger partial charge in [0, 0.05) is 15.7 Å². The Morgan fingerprint density at radius 1 is 1.15 bits per heavy atom. The first-order valence-corrected chi connectivity index (χ1v) is 6.86. The summed E-state index contributed by atoms with van der Waals surface area (Å²) >= 11 is 3.35. The summed E-state index contributed by atoms with van der Waals surface area (Å²) in [5.41, 5.74) is 1.82. The van der Waals surface area contributed by atoms with Crippen molar-refractivity contribution >= 4 is 27.5 Å². The Balaban J connectivity index is 1.96. The highest BCUT2D eigenvalue weighted by Crippen LogP contribution is 2.32. The minimum atomic E-state index is -0.510. The van der Waals surface area contributed by atoms with E-state index in [1.165, 1.54) is 4.90 Å². The Morgan fingerprint density at radius 2 is 1.95 bits per heavy atom. The van der Waals surface area contributed by atoms with E-state index in [0.717, 1.165) is 33.9 Å². The predicted molar refractivity (Wildman–Crippen MR) is 75.4 cm³/mol. The first kappa shape index (κ1) is 13.2. The molecule has 0 aromatic heterocycles. The zero-order chi connectivity index (χ0) is 14.3. The summed E-state index contributed by atoms with van der Waals surface area (Å²) in [6.07, 6.45) is 0.283. The van der Waals surface area contributed by atoms with Crippen molar-refractivity contribution in [2.24, 2.45) is 0 Å². The minimum Gasteiger partial charge on any atom is -0.307 e. The summed E-state index contributed by atoms with van der Waals surface area (Å²) in [6.45, 7) is 0.0387. The molecule has 0 saturated carbocycles. The fourth-order valence-corrected chi connectivity index (χ4v) is 2.77. The van der Waals surface area contributed by atoms with E-state index in [4.69, 9.17) is 0 Å². The van der Waals surface area contributed by atoms with Crippen molar-refractivity contribution in [1.82, 2.24) is 0 Å². The highest BCUT2D eigenvalue weighted by Gasteiger charge is 2.28. The lowest BCUT2D eigenvalue weighted by molar-refractivity contribution is -0.117. The summed E-state index contributed by atoms with van der Waals surface area (Å²) in [4.78, 5) is 13.5. The molecular weight excluding hydrogens is 328 g/mol. The molecule has 2 nitrogen and oxygen atoms in total. The molecule has 102 valence electrons. The molecule has 0 spiro atoms. The van der Waals surface area contributed by atoms with Crippen molar-refractivity contribution < 1.29 is 13.6 Å². The van der Waals surface area contributed by atoms with Crippen LogP contribution in [-0.2, 0) is 17.8 Å². The van der Waals surface area contributed by atoms with Gasteiger partial charge in [-0.1, -0.05) is 15.9 Å². The molecule has 1 aliphatic heterocycles. The number of nitrogens with zero attached hydrogens (tertiary/aromatic N) is 1. The summed E-state index contributed by atoms with van der Waals surface area (Å²) in [5.74, 6) is -1.13. The van der Waals surface area contributed by atoms with E-state index in [0.29, 0.717) is 0 Å². The third-order valence-corrected chi connectivity index (χ3v) is 3.80. The van der Waals surface area contributed by atoms with E-state index in [9.17, 15) is 13.6 Å². The average molecular weight is 338 g/mol. The van der Waals surface area contributed by atoms with Crippen molar-refractivity contribution in [2.45, 2.75) is 13.0 Å². The fourth-order valence-electron chi connectivity index (χ4n) is 2.36. The molecule has 20 heavy (non-hydrogen) atoms. The minimum absolute atomic E-state index is 0.0387. The molecule has 0 bridgehead atoms. The van der Waals surface area contributed by atoms with Crippen LogP contribution in [0.15, 0.2) is 40.9 Å². The summed E-state index contributed by atoms with van der Waals surface area (Å²) in [7, 11) is 0. The number of rotatable bonds is 2. The Kier molecular flexibility index (Phi) is 3.30. The van der Waals surface area contributed by atoms with Gasteiger partial charge in [-0.25, -0.2) is 8.78 Å². The van der Waals surface area contributed by atoms with Gasteiger partial charge in [-0.2, -0.15) is 0 Å². The van der Waals surface area contributed by atoms with Gasteiger partial charge in [-0.05, 0) is 42.0 Å². The number of fused-ring (bicyclic) bond motifs is 1.